The van der Waals surface area contributed by atoms with Crippen LogP contribution < -0.4 is 9.64 Å². The van der Waals surface area contributed by atoms with E-state index in [4.69, 9.17) is 14.2 Å². The molecule has 1 aromatic rings. The first-order valence-electron chi connectivity index (χ1n) is 13.0. The lowest BCUT2D eigenvalue weighted by Crippen LogP contribution is -2.47. The molecule has 0 amide bonds. The molecule has 1 aromatic heterocycles. The van der Waals surface area contributed by atoms with Gasteiger partial charge in [-0.05, 0) is 43.7 Å². The number of nitrogens with zero attached hydrogens (tertiary/aromatic N) is 3. The molecule has 4 heterocycles. The van der Waals surface area contributed by atoms with Gasteiger partial charge in [-0.25, -0.2) is 4.98 Å². The molecule has 3 aliphatic heterocycles. The SMILES string of the molecule is O=C(CC1CCC(CCN2CCN(c3nccc4c3CCO4)CC2)CC1)C[C@H]1COCCO1. The Morgan fingerprint density at radius 3 is 2.61 bits per heavy atom. The van der Waals surface area contributed by atoms with Gasteiger partial charge in [-0.3, -0.25) is 9.69 Å². The topological polar surface area (TPSA) is 64.1 Å². The van der Waals surface area contributed by atoms with E-state index in [1.807, 2.05) is 12.3 Å². The van der Waals surface area contributed by atoms with E-state index in [9.17, 15) is 4.79 Å². The van der Waals surface area contributed by atoms with Gasteiger partial charge < -0.3 is 19.1 Å². The zero-order chi connectivity index (χ0) is 22.5. The fourth-order valence-electron chi connectivity index (χ4n) is 5.96. The lowest BCUT2D eigenvalue weighted by atomic mass is 9.78. The first kappa shape index (κ1) is 23.1. The van der Waals surface area contributed by atoms with Crippen LogP contribution in [0.3, 0.4) is 0 Å². The molecule has 0 spiro atoms. The molecule has 0 N–H and O–H groups in total. The number of aromatic nitrogens is 1. The van der Waals surface area contributed by atoms with Gasteiger partial charge >= 0.3 is 0 Å². The van der Waals surface area contributed by atoms with Crippen molar-refractivity contribution in [3.05, 3.63) is 17.8 Å². The predicted molar refractivity (Wildman–Crippen MR) is 127 cm³/mol. The number of anilines is 1. The summed E-state index contributed by atoms with van der Waals surface area (Å²) in [5.74, 6) is 3.92. The summed E-state index contributed by atoms with van der Waals surface area (Å²) in [6.07, 6.45) is 10.4. The molecule has 0 aromatic carbocycles. The van der Waals surface area contributed by atoms with Crippen molar-refractivity contribution in [2.75, 3.05) is 64.1 Å². The number of fused-ring (bicyclic) bond motifs is 1. The second kappa shape index (κ2) is 11.2. The standard InChI is InChI=1S/C26H39N3O4/c30-22(18-23-19-31-15-16-32-23)17-21-3-1-20(2-4-21)6-9-28-10-12-29(13-11-28)26-24-7-14-33-25(24)5-8-27-26/h5,8,20-21,23H,1-4,6-7,9-19H2/t20?,21?,23-/m0/s1. The van der Waals surface area contributed by atoms with Crippen LogP contribution in [0.5, 0.6) is 5.75 Å². The Labute approximate surface area is 197 Å². The number of hydrogen-bond acceptors (Lipinski definition) is 7. The molecule has 3 fully saturated rings. The average molecular weight is 458 g/mol. The van der Waals surface area contributed by atoms with Crippen molar-refractivity contribution in [1.82, 2.24) is 9.88 Å². The monoisotopic (exact) mass is 457 g/mol. The van der Waals surface area contributed by atoms with Crippen LogP contribution in [-0.2, 0) is 20.7 Å². The van der Waals surface area contributed by atoms with Crippen molar-refractivity contribution in [1.29, 1.82) is 0 Å². The Kier molecular flexibility index (Phi) is 7.79. The summed E-state index contributed by atoms with van der Waals surface area (Å²) in [6.45, 7) is 8.17. The van der Waals surface area contributed by atoms with Crippen molar-refractivity contribution in [2.45, 2.75) is 57.5 Å². The maximum Gasteiger partial charge on any atom is 0.135 e. The van der Waals surface area contributed by atoms with Crippen LogP contribution >= 0.6 is 0 Å². The molecule has 1 atom stereocenters. The highest BCUT2D eigenvalue weighted by molar-refractivity contribution is 5.79. The first-order valence-corrected chi connectivity index (χ1v) is 13.0. The smallest absolute Gasteiger partial charge is 0.135 e. The summed E-state index contributed by atoms with van der Waals surface area (Å²) < 4.78 is 16.8. The number of rotatable bonds is 8. The molecule has 5 rings (SSSR count). The van der Waals surface area contributed by atoms with E-state index in [1.54, 1.807) is 0 Å². The van der Waals surface area contributed by atoms with Crippen LogP contribution in [0.15, 0.2) is 12.3 Å². The molecule has 7 heteroatoms. The van der Waals surface area contributed by atoms with E-state index in [-0.39, 0.29) is 6.10 Å². The number of ketones is 1. The molecule has 1 aliphatic carbocycles. The molecule has 182 valence electrons. The van der Waals surface area contributed by atoms with Crippen LogP contribution in [0.25, 0.3) is 0 Å². The summed E-state index contributed by atoms with van der Waals surface area (Å²) >= 11 is 0. The van der Waals surface area contributed by atoms with Crippen molar-refractivity contribution < 1.29 is 19.0 Å². The second-order valence-electron chi connectivity index (χ2n) is 10.2. The third-order valence-corrected chi connectivity index (χ3v) is 7.95. The fourth-order valence-corrected chi connectivity index (χ4v) is 5.96. The third kappa shape index (κ3) is 6.06. The Hall–Kier alpha value is -1.70. The quantitative estimate of drug-likeness (QED) is 0.594. The number of carbonyl (C=O) groups excluding carboxylic acids is 1. The number of piperazine rings is 1. The van der Waals surface area contributed by atoms with E-state index in [0.29, 0.717) is 37.9 Å². The third-order valence-electron chi connectivity index (χ3n) is 7.95. The van der Waals surface area contributed by atoms with Crippen molar-refractivity contribution in [2.24, 2.45) is 11.8 Å². The van der Waals surface area contributed by atoms with Crippen molar-refractivity contribution in [3.63, 3.8) is 0 Å². The molecular weight excluding hydrogens is 418 g/mol. The van der Waals surface area contributed by atoms with Gasteiger partial charge in [-0.1, -0.05) is 12.8 Å². The number of carbonyl (C=O) groups is 1. The van der Waals surface area contributed by atoms with Gasteiger partial charge in [0.2, 0.25) is 0 Å². The highest BCUT2D eigenvalue weighted by Gasteiger charge is 2.27. The minimum Gasteiger partial charge on any atom is -0.493 e. The van der Waals surface area contributed by atoms with Crippen LogP contribution in [0.1, 0.15) is 50.5 Å². The molecule has 33 heavy (non-hydrogen) atoms. The van der Waals surface area contributed by atoms with Crippen LogP contribution in [0.4, 0.5) is 5.82 Å². The van der Waals surface area contributed by atoms with E-state index < -0.39 is 0 Å². The van der Waals surface area contributed by atoms with Gasteiger partial charge in [0.15, 0.2) is 0 Å². The Balaban J connectivity index is 0.980. The van der Waals surface area contributed by atoms with Crippen molar-refractivity contribution in [3.8, 4) is 5.75 Å². The van der Waals surface area contributed by atoms with E-state index >= 15 is 0 Å². The molecule has 0 bridgehead atoms. The molecular formula is C26H39N3O4. The van der Waals surface area contributed by atoms with Crippen LogP contribution in [-0.4, -0.2) is 80.9 Å². The highest BCUT2D eigenvalue weighted by Crippen LogP contribution is 2.34. The van der Waals surface area contributed by atoms with Gasteiger partial charge in [-0.15, -0.1) is 0 Å². The first-order chi connectivity index (χ1) is 16.2. The summed E-state index contributed by atoms with van der Waals surface area (Å²) in [5, 5.41) is 0. The van der Waals surface area contributed by atoms with E-state index in [0.717, 1.165) is 63.1 Å². The minimum absolute atomic E-state index is 0.0185. The second-order valence-corrected chi connectivity index (χ2v) is 10.2. The van der Waals surface area contributed by atoms with Crippen LogP contribution in [0, 0.1) is 11.8 Å². The largest absolute Gasteiger partial charge is 0.493 e. The number of hydrogen-bond donors (Lipinski definition) is 0. The van der Waals surface area contributed by atoms with E-state index in [2.05, 4.69) is 14.8 Å². The fraction of sp³-hybridized carbons (Fsp3) is 0.769. The normalized spacial score (nSPS) is 28.4. The maximum atomic E-state index is 12.4. The molecule has 0 unspecified atom stereocenters. The Morgan fingerprint density at radius 1 is 1.00 bits per heavy atom. The van der Waals surface area contributed by atoms with Gasteiger partial charge in [0.05, 0.1) is 32.5 Å². The van der Waals surface area contributed by atoms with Crippen molar-refractivity contribution >= 4 is 11.6 Å². The summed E-state index contributed by atoms with van der Waals surface area (Å²) in [5.41, 5.74) is 1.29. The van der Waals surface area contributed by atoms with Gasteiger partial charge in [0.1, 0.15) is 17.4 Å². The van der Waals surface area contributed by atoms with Gasteiger partial charge in [0, 0.05) is 57.2 Å². The zero-order valence-electron chi connectivity index (χ0n) is 19.9. The summed E-state index contributed by atoms with van der Waals surface area (Å²) in [6, 6.07) is 1.99. The number of pyridine rings is 1. The summed E-state index contributed by atoms with van der Waals surface area (Å²) in [7, 11) is 0. The highest BCUT2D eigenvalue weighted by atomic mass is 16.6. The lowest BCUT2D eigenvalue weighted by Gasteiger charge is -2.37. The molecule has 4 aliphatic rings. The lowest BCUT2D eigenvalue weighted by molar-refractivity contribution is -0.130. The van der Waals surface area contributed by atoms with E-state index in [1.165, 1.54) is 44.2 Å². The number of ether oxygens (including phenoxy) is 3. The minimum atomic E-state index is -0.0185. The number of Topliss-reactive ketones (excluding diaryl/α,β-unsaturated/α-hetero) is 1. The van der Waals surface area contributed by atoms with Gasteiger partial charge in [-0.2, -0.15) is 0 Å². The average Bonchev–Trinajstić information content (AvgIpc) is 3.34. The molecule has 1 saturated carbocycles. The van der Waals surface area contributed by atoms with Crippen LogP contribution in [0.2, 0.25) is 0 Å². The molecule has 7 nitrogen and oxygen atoms in total. The van der Waals surface area contributed by atoms with Gasteiger partial charge in [0.25, 0.3) is 0 Å². The molecule has 2 saturated heterocycles. The Morgan fingerprint density at radius 2 is 1.82 bits per heavy atom. The Bertz CT molecular complexity index is 782. The predicted octanol–water partition coefficient (Wildman–Crippen LogP) is 3.10. The molecule has 0 radical (unpaired) electrons. The maximum absolute atomic E-state index is 12.4. The zero-order valence-corrected chi connectivity index (χ0v) is 19.9. The summed E-state index contributed by atoms with van der Waals surface area (Å²) in [4.78, 5) is 22.2.